The van der Waals surface area contributed by atoms with Crippen LogP contribution in [-0.4, -0.2) is 59.5 Å². The van der Waals surface area contributed by atoms with E-state index in [4.69, 9.17) is 15.3 Å². The van der Waals surface area contributed by atoms with Crippen molar-refractivity contribution in [2.75, 3.05) is 19.8 Å². The second-order valence-electron chi connectivity index (χ2n) is 3.68. The van der Waals surface area contributed by atoms with Gasteiger partial charge in [-0.15, -0.1) is 0 Å². The van der Waals surface area contributed by atoms with E-state index in [9.17, 15) is 26.3 Å². The molecule has 0 amide bonds. The van der Waals surface area contributed by atoms with E-state index in [1.54, 1.807) is 20.8 Å². The van der Waals surface area contributed by atoms with Gasteiger partial charge in [0.2, 0.25) is 0 Å². The van der Waals surface area contributed by atoms with Crippen molar-refractivity contribution >= 4 is 18.7 Å². The van der Waals surface area contributed by atoms with Crippen molar-refractivity contribution in [2.24, 2.45) is 0 Å². The number of aliphatic hydroxyl groups is 3. The molecule has 0 atom stereocenters. The molecule has 0 spiro atoms. The molecule has 0 heterocycles. The van der Waals surface area contributed by atoms with Crippen molar-refractivity contribution < 1.29 is 67.9 Å². The van der Waals surface area contributed by atoms with Crippen molar-refractivity contribution in [1.29, 1.82) is 0 Å². The third-order valence-corrected chi connectivity index (χ3v) is 6.63. The first-order valence-corrected chi connectivity index (χ1v) is 10.3. The van der Waals surface area contributed by atoms with Gasteiger partial charge in [0.1, 0.15) is 0 Å². The van der Waals surface area contributed by atoms with Crippen molar-refractivity contribution in [3.63, 3.8) is 0 Å². The molecule has 0 aromatic heterocycles. The molecule has 0 aliphatic heterocycles. The van der Waals surface area contributed by atoms with Gasteiger partial charge in [0, 0.05) is 46.0 Å². The van der Waals surface area contributed by atoms with Crippen LogP contribution in [0.15, 0.2) is 24.3 Å². The third-order valence-electron chi connectivity index (χ3n) is 1.68. The molecule has 3 N–H and O–H groups in total. The van der Waals surface area contributed by atoms with Gasteiger partial charge in [-0.25, -0.2) is 0 Å². The molecular weight excluding hydrogens is 482 g/mol. The van der Waals surface area contributed by atoms with E-state index in [1.165, 1.54) is 12.1 Å². The fraction of sp³-hybridized carbons (Fsp3) is 0.615. The summed E-state index contributed by atoms with van der Waals surface area (Å²) in [4.78, 5) is 0. The quantitative estimate of drug-likeness (QED) is 0.311. The molecule has 0 aliphatic rings. The average Bonchev–Trinajstić information content (AvgIpc) is 2.81. The van der Waals surface area contributed by atoms with Crippen LogP contribution < -0.4 is 4.40 Å². The van der Waals surface area contributed by atoms with Gasteiger partial charge < -0.3 is 15.3 Å². The van der Waals surface area contributed by atoms with Crippen LogP contribution in [0.3, 0.4) is 0 Å². The van der Waals surface area contributed by atoms with Gasteiger partial charge >= 0.3 is 79.4 Å². The standard InChI is InChI=1S/C7H5F6Ge.3C2H6O.Zr/c8-6(9,10)14(7(11,12)13)5-3-1-2-4-5;3*1-2-3;/h1-4,14H;3*3H,2H2,1H3;/q-1;;;;. The normalized spacial score (nSPS) is 10.2. The molecule has 11 heteroatoms. The summed E-state index contributed by atoms with van der Waals surface area (Å²) in [5, 5.41) is 12.5. The first-order chi connectivity index (χ1) is 10.5. The number of hydrogen-bond acceptors (Lipinski definition) is 3. The van der Waals surface area contributed by atoms with Crippen LogP contribution in [0.25, 0.3) is 0 Å². The van der Waals surface area contributed by atoms with Crippen LogP contribution in [0.2, 0.25) is 0 Å². The minimum absolute atomic E-state index is 0. The number of halogens is 6. The number of hydrogen-bond donors (Lipinski definition) is 3. The molecule has 0 aliphatic carbocycles. The Bertz CT molecular complexity index is 326. The Morgan fingerprint density at radius 2 is 0.958 bits per heavy atom. The molecule has 24 heavy (non-hydrogen) atoms. The summed E-state index contributed by atoms with van der Waals surface area (Å²) in [5.74, 6) is 0. The van der Waals surface area contributed by atoms with Crippen molar-refractivity contribution in [1.82, 2.24) is 0 Å². The molecule has 0 radical (unpaired) electrons. The molecule has 1 aromatic carbocycles. The molecule has 0 fully saturated rings. The van der Waals surface area contributed by atoms with Crippen LogP contribution >= 0.6 is 0 Å². The van der Waals surface area contributed by atoms with Gasteiger partial charge in [0.15, 0.2) is 0 Å². The maximum Gasteiger partial charge on any atom is 0 e. The van der Waals surface area contributed by atoms with Gasteiger partial charge in [0.05, 0.1) is 0 Å². The molecule has 1 rings (SSSR count). The fourth-order valence-electron chi connectivity index (χ4n) is 1.14. The Hall–Kier alpha value is 0.236. The Morgan fingerprint density at radius 3 is 1.12 bits per heavy atom. The number of aliphatic hydroxyl groups excluding tert-OH is 3. The molecule has 1 aromatic rings. The SMILES string of the molecule is CCO.CCO.CCO.F[C](F)(F)[GeH]([c-]1cccc1)[C](F)(F)F.[Zr]. The zero-order valence-electron chi connectivity index (χ0n) is 13.6. The van der Waals surface area contributed by atoms with E-state index >= 15 is 0 Å². The van der Waals surface area contributed by atoms with Crippen LogP contribution in [0.5, 0.6) is 0 Å². The van der Waals surface area contributed by atoms with E-state index in [2.05, 4.69) is 0 Å². The van der Waals surface area contributed by atoms with Gasteiger partial charge in [-0.1, -0.05) is 0 Å². The van der Waals surface area contributed by atoms with Crippen LogP contribution in [0, 0.1) is 0 Å². The third kappa shape index (κ3) is 18.6. The van der Waals surface area contributed by atoms with Gasteiger partial charge in [-0.05, 0) is 20.8 Å². The minimum atomic E-state index is -5.46. The monoisotopic (exact) mass is 505 g/mol. The van der Waals surface area contributed by atoms with E-state index in [0.29, 0.717) is 0 Å². The van der Waals surface area contributed by atoms with Crippen molar-refractivity contribution in [2.45, 2.75) is 30.8 Å². The van der Waals surface area contributed by atoms with Crippen LogP contribution in [-0.2, 0) is 26.2 Å². The fourth-order valence-corrected chi connectivity index (χ4v) is 4.78. The average molecular weight is 505 g/mol. The van der Waals surface area contributed by atoms with Crippen LogP contribution in [0.4, 0.5) is 26.3 Å². The minimum Gasteiger partial charge on any atom is 0 e. The Morgan fingerprint density at radius 1 is 0.750 bits per heavy atom. The van der Waals surface area contributed by atoms with E-state index < -0.39 is 28.8 Å². The number of alkyl halides is 6. The molecule has 0 bridgehead atoms. The summed E-state index contributed by atoms with van der Waals surface area (Å²) < 4.78 is 72.3. The maximum absolute atomic E-state index is 12.1. The van der Waals surface area contributed by atoms with Gasteiger partial charge in [-0.2, -0.15) is 0 Å². The van der Waals surface area contributed by atoms with Crippen molar-refractivity contribution in [3.05, 3.63) is 24.3 Å². The largest absolute Gasteiger partial charge is 0 e. The molecule has 0 saturated heterocycles. The zero-order chi connectivity index (χ0) is 19.1. The predicted molar refractivity (Wildman–Crippen MR) is 79.2 cm³/mol. The number of rotatable bonds is 1. The van der Waals surface area contributed by atoms with E-state index in [-0.39, 0.29) is 46.0 Å². The second-order valence-corrected chi connectivity index (χ2v) is 9.65. The Labute approximate surface area is 161 Å². The van der Waals surface area contributed by atoms with E-state index in [0.717, 1.165) is 12.1 Å². The van der Waals surface area contributed by atoms with E-state index in [1.807, 2.05) is 0 Å². The van der Waals surface area contributed by atoms with Gasteiger partial charge in [-0.3, -0.25) is 0 Å². The molecule has 0 saturated carbocycles. The Kier molecular flexibility index (Phi) is 24.0. The zero-order valence-corrected chi connectivity index (χ0v) is 18.5. The first-order valence-electron chi connectivity index (χ1n) is 6.65. The van der Waals surface area contributed by atoms with Gasteiger partial charge in [0.25, 0.3) is 0 Å². The summed E-state index contributed by atoms with van der Waals surface area (Å²) in [7, 11) is 0. The Balaban J connectivity index is -0.000000169. The summed E-state index contributed by atoms with van der Waals surface area (Å²) in [6.07, 6.45) is 0. The summed E-state index contributed by atoms with van der Waals surface area (Å²) in [6, 6.07) is 4.16. The maximum atomic E-state index is 12.1. The summed E-state index contributed by atoms with van der Waals surface area (Å²) >= 11 is -5.46. The molecule has 3 nitrogen and oxygen atoms in total. The topological polar surface area (TPSA) is 60.7 Å². The second kappa shape index (κ2) is 18.0. The van der Waals surface area contributed by atoms with Crippen molar-refractivity contribution in [3.8, 4) is 0 Å². The molecule has 0 unspecified atom stereocenters. The first kappa shape index (κ1) is 32.0. The summed E-state index contributed by atoms with van der Waals surface area (Å²) in [5.41, 5.74) is 0. The van der Waals surface area contributed by atoms with Crippen LogP contribution in [0.1, 0.15) is 20.8 Å². The predicted octanol–water partition coefficient (Wildman–Crippen LogP) is 2.04. The summed E-state index contributed by atoms with van der Waals surface area (Å²) in [6.45, 7) is 5.79. The molecule has 144 valence electrons. The smallest absolute Gasteiger partial charge is 0 e. The molecular formula is C13H23F6GeO3Zr-.